The number of carbonyl (C=O) groups excluding carboxylic acids is 12. The van der Waals surface area contributed by atoms with E-state index in [-0.39, 0.29) is 101 Å². The molecule has 7 rings (SSSR count). The highest BCUT2D eigenvalue weighted by Gasteiger charge is 2.53. The number of hydrogen-bond donors (Lipinski definition) is 3. The van der Waals surface area contributed by atoms with Gasteiger partial charge >= 0.3 is 6.18 Å². The van der Waals surface area contributed by atoms with Gasteiger partial charge in [-0.25, -0.2) is 0 Å². The first-order chi connectivity index (χ1) is 48.4. The van der Waals surface area contributed by atoms with Crippen LogP contribution in [0.1, 0.15) is 202 Å². The molecule has 3 aliphatic heterocycles. The molecule has 103 heavy (non-hydrogen) atoms. The number of nitrogens with one attached hydrogen (secondary N) is 3. The van der Waals surface area contributed by atoms with Crippen molar-refractivity contribution in [3.05, 3.63) is 11.6 Å². The van der Waals surface area contributed by atoms with Crippen LogP contribution in [-0.2, 0) is 57.5 Å². The molecule has 7 aliphatic rings. The van der Waals surface area contributed by atoms with Gasteiger partial charge in [0.05, 0.1) is 25.4 Å². The van der Waals surface area contributed by atoms with Crippen molar-refractivity contribution in [3.63, 3.8) is 0 Å². The second-order valence-corrected chi connectivity index (χ2v) is 32.8. The largest absolute Gasteiger partial charge is 0.393 e. The SMILES string of the molecule is CC[C@H](C)[C@@H]1NC(=O)[C@H](CC(C)C)N(C)C(=O)C[C@@H](C(=O)N(C)C)N(C)C(=O)[C@H](C2CCCC2)N(C)C(=O)C2(CCCC2)NC(=O)[C@@H]2CCCN2C(=O)[C@H](CCC2CCC(C(F)(F)F)C(Cl)C2)NC(=O)CN(C)C(=O)[C@H](CC2CCC(C)CC2)N2CC/C=C(/C)C[C@@H](C2=O)N(C)C(=O)CN(C)C1=O. The van der Waals surface area contributed by atoms with Crippen LogP contribution >= 0.6 is 11.6 Å². The van der Waals surface area contributed by atoms with Gasteiger partial charge < -0.3 is 60.0 Å². The second kappa shape index (κ2) is 36.6. The van der Waals surface area contributed by atoms with Gasteiger partial charge in [-0.05, 0) is 139 Å². The lowest BCUT2D eigenvalue weighted by Gasteiger charge is -2.42. The molecule has 12 atom stereocenters. The van der Waals surface area contributed by atoms with Gasteiger partial charge in [-0.1, -0.05) is 104 Å². The molecule has 1 spiro atoms. The minimum atomic E-state index is -4.51. The highest BCUT2D eigenvalue weighted by molar-refractivity contribution is 6.21. The van der Waals surface area contributed by atoms with Gasteiger partial charge in [-0.15, -0.1) is 11.6 Å². The number of amides is 12. The minimum Gasteiger partial charge on any atom is -0.347 e. The molecule has 3 heterocycles. The summed E-state index contributed by atoms with van der Waals surface area (Å²) in [4.78, 5) is 193. The lowest BCUT2D eigenvalue weighted by Crippen LogP contribution is -2.65. The van der Waals surface area contributed by atoms with Crippen LogP contribution in [0.25, 0.3) is 0 Å². The van der Waals surface area contributed by atoms with Gasteiger partial charge in [0.1, 0.15) is 53.9 Å². The van der Waals surface area contributed by atoms with E-state index in [0.29, 0.717) is 50.9 Å². The summed E-state index contributed by atoms with van der Waals surface area (Å²) in [5.41, 5.74) is -0.747. The van der Waals surface area contributed by atoms with Gasteiger partial charge in [0, 0.05) is 74.8 Å². The molecule has 4 aliphatic carbocycles. The summed E-state index contributed by atoms with van der Waals surface area (Å²) >= 11 is 6.44. The van der Waals surface area contributed by atoms with E-state index in [1.165, 1.54) is 100 Å². The maximum atomic E-state index is 15.6. The fourth-order valence-corrected chi connectivity index (χ4v) is 17.6. The molecule has 6 fully saturated rings. The van der Waals surface area contributed by atoms with Crippen LogP contribution in [0, 0.1) is 41.4 Å². The van der Waals surface area contributed by atoms with E-state index in [0.717, 1.165) is 44.1 Å². The van der Waals surface area contributed by atoms with E-state index in [2.05, 4.69) is 22.9 Å². The highest BCUT2D eigenvalue weighted by atomic mass is 35.5. The number of carbonyl (C=O) groups is 12. The molecule has 580 valence electrons. The normalized spacial score (nSPS) is 31.7. The van der Waals surface area contributed by atoms with Crippen LogP contribution in [-0.4, -0.2) is 263 Å². The number of halogens is 4. The monoisotopic (exact) mass is 1470 g/mol. The van der Waals surface area contributed by atoms with Gasteiger partial charge in [-0.2, -0.15) is 13.2 Å². The predicted molar refractivity (Wildman–Crippen MR) is 384 cm³/mol. The first-order valence-corrected chi connectivity index (χ1v) is 38.5. The fraction of sp³-hybridized carbons (Fsp3) is 0.813. The third kappa shape index (κ3) is 20.7. The van der Waals surface area contributed by atoms with E-state index in [1.54, 1.807) is 6.92 Å². The summed E-state index contributed by atoms with van der Waals surface area (Å²) in [6.45, 7) is 10.4. The summed E-state index contributed by atoms with van der Waals surface area (Å²) < 4.78 is 42.2. The summed E-state index contributed by atoms with van der Waals surface area (Å²) in [5, 5.41) is 7.67. The molecule has 0 radical (unpaired) electrons. The minimum absolute atomic E-state index is 0.00126. The zero-order valence-corrected chi connectivity index (χ0v) is 64.5. The summed E-state index contributed by atoms with van der Waals surface area (Å²) in [6, 6.07) is -9.80. The zero-order chi connectivity index (χ0) is 76.3. The maximum absolute atomic E-state index is 15.6. The Labute approximate surface area is 613 Å². The molecule has 0 aromatic heterocycles. The van der Waals surface area contributed by atoms with E-state index in [9.17, 15) is 41.9 Å². The molecule has 24 nitrogen and oxygen atoms in total. The smallest absolute Gasteiger partial charge is 0.347 e. The molecule has 2 bridgehead atoms. The lowest BCUT2D eigenvalue weighted by atomic mass is 9.78. The van der Waals surface area contributed by atoms with Gasteiger partial charge in [0.2, 0.25) is 70.9 Å². The Bertz CT molecular complexity index is 3080. The molecule has 3 unspecified atom stereocenters. The molecule has 0 aromatic carbocycles. The first-order valence-electron chi connectivity index (χ1n) is 38.1. The Morgan fingerprint density at radius 3 is 1.88 bits per heavy atom. The predicted octanol–water partition coefficient (Wildman–Crippen LogP) is 6.90. The summed E-state index contributed by atoms with van der Waals surface area (Å²) in [6.07, 6.45) is 5.98. The van der Waals surface area contributed by atoms with E-state index in [4.69, 9.17) is 11.6 Å². The van der Waals surface area contributed by atoms with Crippen LogP contribution < -0.4 is 16.0 Å². The van der Waals surface area contributed by atoms with Crippen LogP contribution in [0.2, 0.25) is 0 Å². The lowest BCUT2D eigenvalue weighted by molar-refractivity contribution is -0.182. The topological polar surface area (TPSA) is 270 Å². The van der Waals surface area contributed by atoms with Gasteiger partial charge in [-0.3, -0.25) is 57.5 Å². The van der Waals surface area contributed by atoms with Crippen molar-refractivity contribution in [1.82, 2.24) is 60.0 Å². The third-order valence-corrected chi connectivity index (χ3v) is 24.4. The second-order valence-electron chi connectivity index (χ2n) is 32.2. The molecule has 28 heteroatoms. The Morgan fingerprint density at radius 1 is 0.650 bits per heavy atom. The Morgan fingerprint density at radius 2 is 1.28 bits per heavy atom. The van der Waals surface area contributed by atoms with E-state index in [1.807, 2.05) is 33.8 Å². The average Bonchev–Trinajstić information content (AvgIpc) is 1.72. The Hall–Kier alpha value is -6.54. The summed E-state index contributed by atoms with van der Waals surface area (Å²) in [7, 11) is 11.7. The average molecular weight is 1470 g/mol. The number of likely N-dealkylation sites (N-methyl/N-ethyl adjacent to an activating group) is 7. The Balaban J connectivity index is 1.30. The quantitative estimate of drug-likeness (QED) is 0.141. The Kier molecular flexibility index (Phi) is 29.8. The van der Waals surface area contributed by atoms with Crippen molar-refractivity contribution >= 4 is 82.5 Å². The number of hydrogen-bond acceptors (Lipinski definition) is 12. The fourth-order valence-electron chi connectivity index (χ4n) is 17.1. The van der Waals surface area contributed by atoms with Crippen molar-refractivity contribution in [2.24, 2.45) is 41.4 Å². The first kappa shape index (κ1) is 83.7. The molecule has 2 saturated heterocycles. The van der Waals surface area contributed by atoms with Crippen LogP contribution in [0.5, 0.6) is 0 Å². The van der Waals surface area contributed by atoms with Crippen molar-refractivity contribution in [1.29, 1.82) is 0 Å². The zero-order valence-electron chi connectivity index (χ0n) is 63.8. The van der Waals surface area contributed by atoms with E-state index >= 15 is 28.8 Å². The summed E-state index contributed by atoms with van der Waals surface area (Å²) in [5.74, 6) is -10.2. The van der Waals surface area contributed by atoms with Crippen LogP contribution in [0.4, 0.5) is 13.2 Å². The molecule has 4 saturated carbocycles. The number of alkyl halides is 4. The van der Waals surface area contributed by atoms with Gasteiger partial charge in [0.15, 0.2) is 0 Å². The van der Waals surface area contributed by atoms with E-state index < -0.39 is 174 Å². The van der Waals surface area contributed by atoms with Crippen LogP contribution in [0.15, 0.2) is 11.6 Å². The molecule has 0 aromatic rings. The van der Waals surface area contributed by atoms with Gasteiger partial charge in [0.25, 0.3) is 0 Å². The molecule has 3 N–H and O–H groups in total. The third-order valence-electron chi connectivity index (χ3n) is 23.9. The maximum Gasteiger partial charge on any atom is 0.393 e. The van der Waals surface area contributed by atoms with Crippen molar-refractivity contribution < 1.29 is 70.7 Å². The number of fused-ring (bicyclic) bond motifs is 3. The molecular formula is C75H120ClF3N12O12. The number of nitrogens with zero attached hydrogens (tertiary/aromatic N) is 9. The standard InChI is InChI=1S/C75H120ClF3N12O12/c1-15-48(6)63-71(101)85(10)44-62(94)87(12)57-39-47(5)22-20-36-91(70(57)100)59(41-50-28-26-46(4)27-29-50)69(99)84(9)43-60(92)80-54(33-31-49-30-32-52(53(76)40-49)75(77,78)79)67(97)90-37-21-25-55(90)66(96)82-74(34-18-19-35-74)73(103)89(14)64(51-23-16-17-24-51)72(102)88(13)58(68(98)83(7)8)42-61(93)86(11)56(38-45(2)3)65(95)81-63/h22,45-46,48-59,63-64H,15-21,23-44H2,1-14H3,(H,80,92)(H,81,95)(H,82,96)/b47-22-/t46?,48-,49?,50?,52?,53?,54-,55-,56-,57-,58-,59-,63-,64-/m0/s1. The van der Waals surface area contributed by atoms with Crippen LogP contribution in [0.3, 0.4) is 0 Å². The molecular weight excluding hydrogens is 1350 g/mol. The van der Waals surface area contributed by atoms with Crippen molar-refractivity contribution in [2.75, 3.05) is 82.6 Å². The van der Waals surface area contributed by atoms with Crippen molar-refractivity contribution in [3.8, 4) is 0 Å². The highest BCUT2D eigenvalue weighted by Crippen LogP contribution is 2.44. The van der Waals surface area contributed by atoms with Crippen molar-refractivity contribution in [2.45, 2.75) is 267 Å². The number of rotatable bonds is 11. The molecule has 12 amide bonds.